The molecule has 13 heavy (non-hydrogen) atoms. The Morgan fingerprint density at radius 3 is 2.85 bits per heavy atom. The molecule has 2 nitrogen and oxygen atoms in total. The van der Waals surface area contributed by atoms with Crippen molar-refractivity contribution in [3.05, 3.63) is 36.6 Å². The number of hydrogen-bond acceptors (Lipinski definition) is 2. The maximum absolute atomic E-state index is 5.29. The smallest absolute Gasteiger partial charge is 0.0345 e. The molecule has 0 radical (unpaired) electrons. The lowest BCUT2D eigenvalue weighted by Crippen LogP contribution is -2.25. The van der Waals surface area contributed by atoms with Crippen LogP contribution in [-0.4, -0.2) is 24.5 Å². The minimum Gasteiger partial charge on any atom is -0.405 e. The quantitative estimate of drug-likeness (QED) is 0.666. The van der Waals surface area contributed by atoms with Gasteiger partial charge in [0.05, 0.1) is 0 Å². The predicted molar refractivity (Wildman–Crippen MR) is 57.3 cm³/mol. The van der Waals surface area contributed by atoms with Crippen LogP contribution in [0.3, 0.4) is 0 Å². The standard InChI is InChI=1S/C11H18N2/c1-3-10(6-4-8-12)11-7-5-9-13(11)2/h3-4,6,8,11H,1,5,7,9,12H2,2H3/b8-4-,10-6+/t11-/m0/s1. The summed E-state index contributed by atoms with van der Waals surface area (Å²) in [5.74, 6) is 0. The Bertz CT molecular complexity index is 228. The number of nitrogens with zero attached hydrogens (tertiary/aromatic N) is 1. The average molecular weight is 178 g/mol. The number of allylic oxidation sites excluding steroid dienone is 2. The summed E-state index contributed by atoms with van der Waals surface area (Å²) in [5, 5.41) is 0. The third-order valence-corrected chi connectivity index (χ3v) is 2.54. The highest BCUT2D eigenvalue weighted by Crippen LogP contribution is 2.22. The van der Waals surface area contributed by atoms with Crippen LogP contribution in [-0.2, 0) is 0 Å². The van der Waals surface area contributed by atoms with Crippen LogP contribution in [0.25, 0.3) is 0 Å². The van der Waals surface area contributed by atoms with Gasteiger partial charge < -0.3 is 5.73 Å². The second kappa shape index (κ2) is 4.87. The average Bonchev–Trinajstić information content (AvgIpc) is 2.54. The van der Waals surface area contributed by atoms with E-state index in [2.05, 4.69) is 18.5 Å². The summed E-state index contributed by atoms with van der Waals surface area (Å²) in [4.78, 5) is 2.36. The fourth-order valence-electron chi connectivity index (χ4n) is 1.81. The van der Waals surface area contributed by atoms with Crippen LogP contribution in [0.1, 0.15) is 12.8 Å². The summed E-state index contributed by atoms with van der Waals surface area (Å²) >= 11 is 0. The van der Waals surface area contributed by atoms with E-state index in [-0.39, 0.29) is 0 Å². The third-order valence-electron chi connectivity index (χ3n) is 2.54. The monoisotopic (exact) mass is 178 g/mol. The van der Waals surface area contributed by atoms with Gasteiger partial charge in [0.1, 0.15) is 0 Å². The minimum atomic E-state index is 0.536. The molecule has 0 aromatic heterocycles. The van der Waals surface area contributed by atoms with Gasteiger partial charge in [0.15, 0.2) is 0 Å². The molecule has 1 aliphatic heterocycles. The van der Waals surface area contributed by atoms with Gasteiger partial charge in [0, 0.05) is 6.04 Å². The molecule has 0 amide bonds. The Labute approximate surface area is 80.4 Å². The van der Waals surface area contributed by atoms with Crippen molar-refractivity contribution in [2.45, 2.75) is 18.9 Å². The van der Waals surface area contributed by atoms with Crippen LogP contribution < -0.4 is 5.73 Å². The predicted octanol–water partition coefficient (Wildman–Crippen LogP) is 1.67. The van der Waals surface area contributed by atoms with Gasteiger partial charge in [-0.2, -0.15) is 0 Å². The van der Waals surface area contributed by atoms with Gasteiger partial charge >= 0.3 is 0 Å². The van der Waals surface area contributed by atoms with Crippen LogP contribution in [0.4, 0.5) is 0 Å². The minimum absolute atomic E-state index is 0.536. The van der Waals surface area contributed by atoms with Crippen molar-refractivity contribution < 1.29 is 0 Å². The zero-order valence-corrected chi connectivity index (χ0v) is 8.24. The van der Waals surface area contributed by atoms with Crippen LogP contribution in [0.2, 0.25) is 0 Å². The Hall–Kier alpha value is -1.02. The summed E-state index contributed by atoms with van der Waals surface area (Å²) in [7, 11) is 2.15. The van der Waals surface area contributed by atoms with Gasteiger partial charge in [0.25, 0.3) is 0 Å². The Balaban J connectivity index is 2.70. The number of hydrogen-bond donors (Lipinski definition) is 1. The molecule has 1 heterocycles. The van der Waals surface area contributed by atoms with E-state index in [0.717, 1.165) is 0 Å². The van der Waals surface area contributed by atoms with Crippen LogP contribution >= 0.6 is 0 Å². The Morgan fingerprint density at radius 1 is 1.62 bits per heavy atom. The molecule has 0 aromatic rings. The normalized spacial score (nSPS) is 25.6. The fourth-order valence-corrected chi connectivity index (χ4v) is 1.81. The maximum Gasteiger partial charge on any atom is 0.0345 e. The molecule has 2 heteroatoms. The molecule has 1 fully saturated rings. The summed E-state index contributed by atoms with van der Waals surface area (Å²) in [5.41, 5.74) is 6.56. The summed E-state index contributed by atoms with van der Waals surface area (Å²) < 4.78 is 0. The Kier molecular flexibility index (Phi) is 3.77. The highest BCUT2D eigenvalue weighted by molar-refractivity contribution is 5.28. The van der Waals surface area contributed by atoms with Gasteiger partial charge in [-0.15, -0.1) is 0 Å². The van der Waals surface area contributed by atoms with Gasteiger partial charge in [-0.3, -0.25) is 4.90 Å². The van der Waals surface area contributed by atoms with Crippen molar-refractivity contribution in [3.8, 4) is 0 Å². The van der Waals surface area contributed by atoms with E-state index >= 15 is 0 Å². The molecule has 0 aromatic carbocycles. The molecule has 1 rings (SSSR count). The summed E-state index contributed by atoms with van der Waals surface area (Å²) in [6.45, 7) is 5.01. The van der Waals surface area contributed by atoms with Crippen molar-refractivity contribution in [1.29, 1.82) is 0 Å². The first kappa shape index (κ1) is 10.1. The van der Waals surface area contributed by atoms with Crippen molar-refractivity contribution in [2.24, 2.45) is 5.73 Å². The van der Waals surface area contributed by atoms with Crippen molar-refractivity contribution in [3.63, 3.8) is 0 Å². The van der Waals surface area contributed by atoms with Gasteiger partial charge in [-0.25, -0.2) is 0 Å². The molecule has 72 valence electrons. The van der Waals surface area contributed by atoms with Crippen molar-refractivity contribution in [1.82, 2.24) is 4.90 Å². The lowest BCUT2D eigenvalue weighted by atomic mass is 10.0. The highest BCUT2D eigenvalue weighted by Gasteiger charge is 2.22. The molecule has 0 unspecified atom stereocenters. The zero-order valence-electron chi connectivity index (χ0n) is 8.24. The van der Waals surface area contributed by atoms with Crippen LogP contribution in [0.15, 0.2) is 36.6 Å². The topological polar surface area (TPSA) is 29.3 Å². The second-order valence-corrected chi connectivity index (χ2v) is 3.39. The summed E-state index contributed by atoms with van der Waals surface area (Å²) in [6, 6.07) is 0.536. The zero-order chi connectivity index (χ0) is 9.68. The molecule has 1 atom stereocenters. The third kappa shape index (κ3) is 2.46. The number of rotatable bonds is 3. The van der Waals surface area contributed by atoms with E-state index in [9.17, 15) is 0 Å². The van der Waals surface area contributed by atoms with Gasteiger partial charge in [-0.05, 0) is 44.3 Å². The second-order valence-electron chi connectivity index (χ2n) is 3.39. The molecule has 2 N–H and O–H groups in total. The molecule has 0 aliphatic carbocycles. The first-order valence-corrected chi connectivity index (χ1v) is 4.70. The lowest BCUT2D eigenvalue weighted by Gasteiger charge is -2.20. The summed E-state index contributed by atoms with van der Waals surface area (Å²) in [6.07, 6.45) is 9.89. The fraction of sp³-hybridized carbons (Fsp3) is 0.455. The van der Waals surface area contributed by atoms with E-state index in [0.29, 0.717) is 6.04 Å². The van der Waals surface area contributed by atoms with E-state index < -0.39 is 0 Å². The number of likely N-dealkylation sites (tertiary alicyclic amines) is 1. The lowest BCUT2D eigenvalue weighted by molar-refractivity contribution is 0.349. The van der Waals surface area contributed by atoms with E-state index in [1.807, 2.05) is 18.2 Å². The number of nitrogens with two attached hydrogens (primary N) is 1. The molecule has 1 aliphatic rings. The van der Waals surface area contributed by atoms with Crippen LogP contribution in [0.5, 0.6) is 0 Å². The first-order valence-electron chi connectivity index (χ1n) is 4.70. The molecule has 1 saturated heterocycles. The molecule has 0 saturated carbocycles. The van der Waals surface area contributed by atoms with Crippen molar-refractivity contribution >= 4 is 0 Å². The molecular weight excluding hydrogens is 160 g/mol. The largest absolute Gasteiger partial charge is 0.405 e. The van der Waals surface area contributed by atoms with Crippen molar-refractivity contribution in [2.75, 3.05) is 13.6 Å². The van der Waals surface area contributed by atoms with E-state index in [1.54, 1.807) is 6.20 Å². The molecule has 0 bridgehead atoms. The highest BCUT2D eigenvalue weighted by atomic mass is 15.1. The van der Waals surface area contributed by atoms with Gasteiger partial charge in [-0.1, -0.05) is 18.7 Å². The van der Waals surface area contributed by atoms with Gasteiger partial charge in [0.2, 0.25) is 0 Å². The van der Waals surface area contributed by atoms with E-state index in [4.69, 9.17) is 5.73 Å². The number of likely N-dealkylation sites (N-methyl/N-ethyl adjacent to an activating group) is 1. The van der Waals surface area contributed by atoms with Crippen LogP contribution in [0, 0.1) is 0 Å². The van der Waals surface area contributed by atoms with E-state index in [1.165, 1.54) is 25.0 Å². The maximum atomic E-state index is 5.29. The molecular formula is C11H18N2. The first-order chi connectivity index (χ1) is 6.29. The Morgan fingerprint density at radius 2 is 2.38 bits per heavy atom. The SMILES string of the molecule is C=C/C(=C\C=C/N)[C@@H]1CCCN1C. The molecule has 0 spiro atoms.